The fourth-order valence-corrected chi connectivity index (χ4v) is 2.03. The molecule has 0 saturated carbocycles. The molecule has 2 nitrogen and oxygen atoms in total. The van der Waals surface area contributed by atoms with Crippen LogP contribution in [0.5, 0.6) is 0 Å². The zero-order valence-electron chi connectivity index (χ0n) is 10.4. The van der Waals surface area contributed by atoms with Gasteiger partial charge >= 0.3 is 0 Å². The average molecular weight is 242 g/mol. The summed E-state index contributed by atoms with van der Waals surface area (Å²) in [5, 5.41) is 0. The summed E-state index contributed by atoms with van der Waals surface area (Å²) in [6.07, 6.45) is -2.31. The molecule has 0 aliphatic carbocycles. The molecule has 0 spiro atoms. The number of hydrogen-bond donors (Lipinski definition) is 1. The highest BCUT2D eigenvalue weighted by molar-refractivity contribution is 5.28. The van der Waals surface area contributed by atoms with Crippen molar-refractivity contribution in [3.63, 3.8) is 0 Å². The average Bonchev–Trinajstić information content (AvgIpc) is 2.14. The third-order valence-electron chi connectivity index (χ3n) is 2.53. The number of alkyl halides is 2. The van der Waals surface area contributed by atoms with Crippen LogP contribution in [0.4, 0.5) is 8.78 Å². The van der Waals surface area contributed by atoms with E-state index in [9.17, 15) is 8.78 Å². The fourth-order valence-electron chi connectivity index (χ4n) is 2.03. The Morgan fingerprint density at radius 3 is 2.24 bits per heavy atom. The SMILES string of the molecule is Cc1cc(C)cc(CN(CCN)CC(F)F)c1. The number of nitrogens with zero attached hydrogens (tertiary/aromatic N) is 1. The van der Waals surface area contributed by atoms with E-state index in [0.29, 0.717) is 19.6 Å². The monoisotopic (exact) mass is 242 g/mol. The Balaban J connectivity index is 2.70. The Kier molecular flexibility index (Phi) is 5.51. The van der Waals surface area contributed by atoms with Crippen molar-refractivity contribution < 1.29 is 8.78 Å². The van der Waals surface area contributed by atoms with Crippen LogP contribution in [0.25, 0.3) is 0 Å². The number of aryl methyl sites for hydroxylation is 2. The summed E-state index contributed by atoms with van der Waals surface area (Å²) in [4.78, 5) is 1.69. The lowest BCUT2D eigenvalue weighted by atomic mass is 10.1. The van der Waals surface area contributed by atoms with Crippen molar-refractivity contribution in [1.82, 2.24) is 4.90 Å². The summed E-state index contributed by atoms with van der Waals surface area (Å²) < 4.78 is 24.8. The second-order valence-corrected chi connectivity index (χ2v) is 4.41. The van der Waals surface area contributed by atoms with Crippen LogP contribution in [0.15, 0.2) is 18.2 Å². The Bertz CT molecular complexity index is 333. The number of hydrogen-bond acceptors (Lipinski definition) is 2. The van der Waals surface area contributed by atoms with Crippen molar-refractivity contribution in [1.29, 1.82) is 0 Å². The number of benzene rings is 1. The Hall–Kier alpha value is -1.00. The van der Waals surface area contributed by atoms with Gasteiger partial charge in [-0.2, -0.15) is 0 Å². The third-order valence-corrected chi connectivity index (χ3v) is 2.53. The first-order valence-electron chi connectivity index (χ1n) is 5.79. The van der Waals surface area contributed by atoms with Crippen molar-refractivity contribution in [2.24, 2.45) is 5.73 Å². The van der Waals surface area contributed by atoms with Gasteiger partial charge in [0.2, 0.25) is 0 Å². The van der Waals surface area contributed by atoms with Crippen LogP contribution in [0.2, 0.25) is 0 Å². The standard InChI is InChI=1S/C13H20F2N2/c1-10-5-11(2)7-12(6-10)8-17(4-3-16)9-13(14)15/h5-7,13H,3-4,8-9,16H2,1-2H3. The Morgan fingerprint density at radius 2 is 1.76 bits per heavy atom. The molecular weight excluding hydrogens is 222 g/mol. The molecule has 1 rings (SSSR count). The first-order valence-corrected chi connectivity index (χ1v) is 5.79. The maximum absolute atomic E-state index is 12.4. The van der Waals surface area contributed by atoms with Crippen LogP contribution in [0.3, 0.4) is 0 Å². The van der Waals surface area contributed by atoms with Gasteiger partial charge in [-0.1, -0.05) is 29.3 Å². The zero-order valence-corrected chi connectivity index (χ0v) is 10.4. The zero-order chi connectivity index (χ0) is 12.8. The molecule has 1 aromatic carbocycles. The second-order valence-electron chi connectivity index (χ2n) is 4.41. The summed E-state index contributed by atoms with van der Waals surface area (Å²) in [5.41, 5.74) is 8.81. The predicted molar refractivity (Wildman–Crippen MR) is 66.3 cm³/mol. The van der Waals surface area contributed by atoms with E-state index in [4.69, 9.17) is 5.73 Å². The minimum Gasteiger partial charge on any atom is -0.329 e. The van der Waals surface area contributed by atoms with Crippen molar-refractivity contribution >= 4 is 0 Å². The minimum atomic E-state index is -2.31. The lowest BCUT2D eigenvalue weighted by Gasteiger charge is -2.21. The van der Waals surface area contributed by atoms with Crippen LogP contribution in [0, 0.1) is 13.8 Å². The van der Waals surface area contributed by atoms with Gasteiger partial charge < -0.3 is 5.73 Å². The maximum Gasteiger partial charge on any atom is 0.251 e. The van der Waals surface area contributed by atoms with E-state index in [-0.39, 0.29) is 6.54 Å². The molecule has 0 saturated heterocycles. The largest absolute Gasteiger partial charge is 0.329 e. The molecule has 96 valence electrons. The molecule has 17 heavy (non-hydrogen) atoms. The van der Waals surface area contributed by atoms with Crippen molar-refractivity contribution in [3.05, 3.63) is 34.9 Å². The van der Waals surface area contributed by atoms with Gasteiger partial charge in [-0.15, -0.1) is 0 Å². The molecule has 0 unspecified atom stereocenters. The van der Waals surface area contributed by atoms with Crippen molar-refractivity contribution in [3.8, 4) is 0 Å². The molecule has 0 bridgehead atoms. The quantitative estimate of drug-likeness (QED) is 0.829. The van der Waals surface area contributed by atoms with E-state index in [1.165, 1.54) is 0 Å². The van der Waals surface area contributed by atoms with Crippen LogP contribution < -0.4 is 5.73 Å². The van der Waals surface area contributed by atoms with Crippen LogP contribution >= 0.6 is 0 Å². The Labute approximate surface area is 101 Å². The highest BCUT2D eigenvalue weighted by atomic mass is 19.3. The molecule has 0 aliphatic heterocycles. The summed E-state index contributed by atoms with van der Waals surface area (Å²) in [7, 11) is 0. The van der Waals surface area contributed by atoms with Crippen LogP contribution in [0.1, 0.15) is 16.7 Å². The lowest BCUT2D eigenvalue weighted by Crippen LogP contribution is -2.33. The highest BCUT2D eigenvalue weighted by Gasteiger charge is 2.12. The van der Waals surface area contributed by atoms with Gasteiger partial charge in [0, 0.05) is 19.6 Å². The van der Waals surface area contributed by atoms with Gasteiger partial charge in [0.25, 0.3) is 6.43 Å². The molecule has 0 aromatic heterocycles. The van der Waals surface area contributed by atoms with Gasteiger partial charge in [0.15, 0.2) is 0 Å². The molecule has 0 fully saturated rings. The van der Waals surface area contributed by atoms with E-state index < -0.39 is 6.43 Å². The van der Waals surface area contributed by atoms with E-state index in [2.05, 4.69) is 6.07 Å². The van der Waals surface area contributed by atoms with Crippen LogP contribution in [-0.2, 0) is 6.54 Å². The molecule has 0 heterocycles. The highest BCUT2D eigenvalue weighted by Crippen LogP contribution is 2.12. The van der Waals surface area contributed by atoms with Gasteiger partial charge in [0.05, 0.1) is 6.54 Å². The molecule has 0 aliphatic rings. The molecule has 0 radical (unpaired) electrons. The third kappa shape index (κ3) is 5.24. The summed E-state index contributed by atoms with van der Waals surface area (Å²) in [6.45, 7) is 5.23. The summed E-state index contributed by atoms with van der Waals surface area (Å²) in [6, 6.07) is 6.13. The van der Waals surface area contributed by atoms with Gasteiger partial charge in [-0.3, -0.25) is 4.90 Å². The van der Waals surface area contributed by atoms with Crippen LogP contribution in [-0.4, -0.2) is 31.0 Å². The number of rotatable bonds is 6. The first-order chi connectivity index (χ1) is 8.01. The molecule has 0 amide bonds. The second kappa shape index (κ2) is 6.67. The number of nitrogens with two attached hydrogens (primary N) is 1. The van der Waals surface area contributed by atoms with E-state index in [1.807, 2.05) is 26.0 Å². The smallest absolute Gasteiger partial charge is 0.251 e. The lowest BCUT2D eigenvalue weighted by molar-refractivity contribution is 0.0862. The summed E-state index contributed by atoms with van der Waals surface area (Å²) >= 11 is 0. The Morgan fingerprint density at radius 1 is 1.18 bits per heavy atom. The van der Waals surface area contributed by atoms with Gasteiger partial charge in [-0.25, -0.2) is 8.78 Å². The topological polar surface area (TPSA) is 29.3 Å². The van der Waals surface area contributed by atoms with E-state index in [0.717, 1.165) is 16.7 Å². The fraction of sp³-hybridized carbons (Fsp3) is 0.538. The van der Waals surface area contributed by atoms with Gasteiger partial charge in [0.1, 0.15) is 0 Å². The molecule has 0 atom stereocenters. The maximum atomic E-state index is 12.4. The molecule has 4 heteroatoms. The molecular formula is C13H20F2N2. The van der Waals surface area contributed by atoms with Crippen molar-refractivity contribution in [2.45, 2.75) is 26.8 Å². The molecule has 1 aromatic rings. The van der Waals surface area contributed by atoms with Gasteiger partial charge in [-0.05, 0) is 19.4 Å². The van der Waals surface area contributed by atoms with Crippen molar-refractivity contribution in [2.75, 3.05) is 19.6 Å². The summed E-state index contributed by atoms with van der Waals surface area (Å²) in [5.74, 6) is 0. The predicted octanol–water partition coefficient (Wildman–Crippen LogP) is 2.33. The first kappa shape index (κ1) is 14.1. The minimum absolute atomic E-state index is 0.218. The normalized spacial score (nSPS) is 11.5. The van der Waals surface area contributed by atoms with E-state index >= 15 is 0 Å². The molecule has 2 N–H and O–H groups in total. The van der Waals surface area contributed by atoms with E-state index in [1.54, 1.807) is 4.90 Å². The number of halogens is 2.